The van der Waals surface area contributed by atoms with Gasteiger partial charge in [0.25, 0.3) is 0 Å². The van der Waals surface area contributed by atoms with Gasteiger partial charge in [0.2, 0.25) is 0 Å². The molecule has 0 aliphatic carbocycles. The third kappa shape index (κ3) is 2.31. The van der Waals surface area contributed by atoms with Gasteiger partial charge in [-0.3, -0.25) is 0 Å². The maximum Gasteiger partial charge on any atom is 0.586 e. The Balaban J connectivity index is 1.47. The molecule has 21 heavy (non-hydrogen) atoms. The molecule has 3 heterocycles. The van der Waals surface area contributed by atoms with E-state index in [1.54, 1.807) is 12.1 Å². The molecule has 114 valence electrons. The highest BCUT2D eigenvalue weighted by Crippen LogP contribution is 2.43. The van der Waals surface area contributed by atoms with Crippen molar-refractivity contribution in [3.8, 4) is 11.5 Å². The van der Waals surface area contributed by atoms with Crippen LogP contribution >= 0.6 is 0 Å². The number of ether oxygens (including phenoxy) is 2. The number of anilines is 1. The maximum atomic E-state index is 13.0. The quantitative estimate of drug-likeness (QED) is 0.909. The Labute approximate surface area is 122 Å². The standard InChI is InChI=1S/C15H18F2N2O2/c1-19-11-3-4-12(19)7-10(6-11)18-9-2-5-13-14(8-9)21-15(16,17)20-13/h2,5,8,10-12,18H,3-4,6-7H2,1H3. The molecule has 6 heteroatoms. The Morgan fingerprint density at radius 2 is 1.81 bits per heavy atom. The van der Waals surface area contributed by atoms with E-state index in [0.717, 1.165) is 18.5 Å². The first-order chi connectivity index (χ1) is 10.00. The number of hydrogen-bond acceptors (Lipinski definition) is 4. The molecule has 0 aromatic heterocycles. The Kier molecular flexibility index (Phi) is 2.79. The third-order valence-corrected chi connectivity index (χ3v) is 4.87. The fourth-order valence-corrected chi connectivity index (χ4v) is 3.80. The number of fused-ring (bicyclic) bond motifs is 3. The SMILES string of the molecule is CN1C2CCC1CC(Nc1ccc3c(c1)OC(F)(F)O3)C2. The van der Waals surface area contributed by atoms with Crippen molar-refractivity contribution in [2.45, 2.75) is 50.1 Å². The van der Waals surface area contributed by atoms with Crippen molar-refractivity contribution in [2.24, 2.45) is 0 Å². The van der Waals surface area contributed by atoms with Crippen LogP contribution < -0.4 is 14.8 Å². The summed E-state index contributed by atoms with van der Waals surface area (Å²) >= 11 is 0. The summed E-state index contributed by atoms with van der Waals surface area (Å²) in [4.78, 5) is 2.47. The van der Waals surface area contributed by atoms with Crippen LogP contribution in [-0.2, 0) is 0 Å². The van der Waals surface area contributed by atoms with Gasteiger partial charge in [-0.1, -0.05) is 0 Å². The van der Waals surface area contributed by atoms with Gasteiger partial charge in [-0.25, -0.2) is 0 Å². The Morgan fingerprint density at radius 3 is 2.52 bits per heavy atom. The van der Waals surface area contributed by atoms with E-state index in [1.807, 2.05) is 0 Å². The molecule has 4 rings (SSSR count). The van der Waals surface area contributed by atoms with Crippen molar-refractivity contribution in [2.75, 3.05) is 12.4 Å². The van der Waals surface area contributed by atoms with Crippen molar-refractivity contribution in [3.63, 3.8) is 0 Å². The smallest absolute Gasteiger partial charge is 0.395 e. The zero-order valence-electron chi connectivity index (χ0n) is 11.8. The van der Waals surface area contributed by atoms with Crippen LogP contribution in [0.2, 0.25) is 0 Å². The maximum absolute atomic E-state index is 13.0. The normalized spacial score (nSPS) is 33.2. The summed E-state index contributed by atoms with van der Waals surface area (Å²) < 4.78 is 34.9. The summed E-state index contributed by atoms with van der Waals surface area (Å²) in [6.45, 7) is 0. The summed E-state index contributed by atoms with van der Waals surface area (Å²) in [6, 6.07) is 6.56. The van der Waals surface area contributed by atoms with Crippen LogP contribution in [0.15, 0.2) is 18.2 Å². The minimum absolute atomic E-state index is 0.0917. The summed E-state index contributed by atoms with van der Waals surface area (Å²) in [7, 11) is 2.20. The van der Waals surface area contributed by atoms with Crippen LogP contribution in [0.4, 0.5) is 14.5 Å². The van der Waals surface area contributed by atoms with Crippen LogP contribution in [0, 0.1) is 0 Å². The molecule has 1 N–H and O–H groups in total. The number of nitrogens with one attached hydrogen (secondary N) is 1. The van der Waals surface area contributed by atoms with Crippen molar-refractivity contribution >= 4 is 5.69 Å². The highest BCUT2D eigenvalue weighted by Gasteiger charge is 2.43. The lowest BCUT2D eigenvalue weighted by Crippen LogP contribution is -2.44. The molecule has 0 radical (unpaired) electrons. The van der Waals surface area contributed by atoms with Crippen LogP contribution in [0.3, 0.4) is 0 Å². The van der Waals surface area contributed by atoms with Crippen molar-refractivity contribution in [1.29, 1.82) is 0 Å². The Bertz CT molecular complexity index is 553. The van der Waals surface area contributed by atoms with Gasteiger partial charge in [0.05, 0.1) is 0 Å². The number of nitrogens with zero attached hydrogens (tertiary/aromatic N) is 1. The van der Waals surface area contributed by atoms with Gasteiger partial charge in [0, 0.05) is 29.9 Å². The van der Waals surface area contributed by atoms with E-state index in [-0.39, 0.29) is 11.5 Å². The van der Waals surface area contributed by atoms with E-state index in [2.05, 4.69) is 26.7 Å². The first kappa shape index (κ1) is 13.1. The van der Waals surface area contributed by atoms with Gasteiger partial charge in [0.15, 0.2) is 11.5 Å². The number of piperidine rings is 1. The first-order valence-electron chi connectivity index (χ1n) is 7.38. The number of halogens is 2. The lowest BCUT2D eigenvalue weighted by molar-refractivity contribution is -0.286. The second-order valence-electron chi connectivity index (χ2n) is 6.19. The second kappa shape index (κ2) is 4.47. The third-order valence-electron chi connectivity index (χ3n) is 4.87. The van der Waals surface area contributed by atoms with E-state index in [4.69, 9.17) is 0 Å². The highest BCUT2D eigenvalue weighted by molar-refractivity contribution is 5.56. The lowest BCUT2D eigenvalue weighted by Gasteiger charge is -2.37. The average Bonchev–Trinajstić information content (AvgIpc) is 2.80. The van der Waals surface area contributed by atoms with Gasteiger partial charge < -0.3 is 19.7 Å². The highest BCUT2D eigenvalue weighted by atomic mass is 19.3. The van der Waals surface area contributed by atoms with Crippen molar-refractivity contribution in [3.05, 3.63) is 18.2 Å². The van der Waals surface area contributed by atoms with Crippen LogP contribution in [-0.4, -0.2) is 36.4 Å². The van der Waals surface area contributed by atoms with Gasteiger partial charge in [0.1, 0.15) is 0 Å². The molecule has 2 atom stereocenters. The van der Waals surface area contributed by atoms with Crippen LogP contribution in [0.5, 0.6) is 11.5 Å². The van der Waals surface area contributed by atoms with E-state index < -0.39 is 6.29 Å². The summed E-state index contributed by atoms with van der Waals surface area (Å²) in [5.41, 5.74) is 0.809. The lowest BCUT2D eigenvalue weighted by atomic mass is 9.98. The first-order valence-corrected chi connectivity index (χ1v) is 7.38. The Hall–Kier alpha value is -1.56. The topological polar surface area (TPSA) is 33.7 Å². The number of rotatable bonds is 2. The van der Waals surface area contributed by atoms with Gasteiger partial charge in [-0.2, -0.15) is 0 Å². The molecule has 3 aliphatic rings. The fourth-order valence-electron chi connectivity index (χ4n) is 3.80. The second-order valence-corrected chi connectivity index (χ2v) is 6.19. The summed E-state index contributed by atoms with van der Waals surface area (Å²) in [5.74, 6) is 0.190. The molecular weight excluding hydrogens is 278 g/mol. The minimum atomic E-state index is -3.55. The zero-order valence-corrected chi connectivity index (χ0v) is 11.8. The average molecular weight is 296 g/mol. The monoisotopic (exact) mass is 296 g/mol. The van der Waals surface area contributed by atoms with Crippen molar-refractivity contribution < 1.29 is 18.3 Å². The van der Waals surface area contributed by atoms with Gasteiger partial charge >= 0.3 is 6.29 Å². The number of alkyl halides is 2. The van der Waals surface area contributed by atoms with Gasteiger partial charge in [-0.05, 0) is 44.9 Å². The van der Waals surface area contributed by atoms with E-state index >= 15 is 0 Å². The van der Waals surface area contributed by atoms with E-state index in [0.29, 0.717) is 18.1 Å². The van der Waals surface area contributed by atoms with E-state index in [9.17, 15) is 8.78 Å². The molecule has 2 fully saturated rings. The van der Waals surface area contributed by atoms with Crippen LogP contribution in [0.1, 0.15) is 25.7 Å². The number of hydrogen-bond donors (Lipinski definition) is 1. The van der Waals surface area contributed by atoms with Gasteiger partial charge in [-0.15, -0.1) is 8.78 Å². The molecule has 2 bridgehead atoms. The number of benzene rings is 1. The zero-order chi connectivity index (χ0) is 14.6. The molecule has 1 aromatic rings. The Morgan fingerprint density at radius 1 is 1.14 bits per heavy atom. The molecule has 3 aliphatic heterocycles. The molecule has 0 saturated carbocycles. The molecule has 0 spiro atoms. The molecular formula is C15H18F2N2O2. The molecule has 1 aromatic carbocycles. The summed E-state index contributed by atoms with van der Waals surface area (Å²) in [5, 5.41) is 3.45. The molecule has 2 unspecified atom stereocenters. The predicted molar refractivity (Wildman–Crippen MR) is 73.9 cm³/mol. The predicted octanol–water partition coefficient (Wildman–Crippen LogP) is 3.05. The minimum Gasteiger partial charge on any atom is -0.395 e. The molecule has 4 nitrogen and oxygen atoms in total. The molecule has 2 saturated heterocycles. The largest absolute Gasteiger partial charge is 0.586 e. The molecule has 0 amide bonds. The van der Waals surface area contributed by atoms with E-state index in [1.165, 1.54) is 18.9 Å². The fraction of sp³-hybridized carbons (Fsp3) is 0.600. The van der Waals surface area contributed by atoms with Crippen molar-refractivity contribution in [1.82, 2.24) is 4.90 Å². The van der Waals surface area contributed by atoms with Crippen LogP contribution in [0.25, 0.3) is 0 Å². The summed E-state index contributed by atoms with van der Waals surface area (Å²) in [6.07, 6.45) is 1.15.